The summed E-state index contributed by atoms with van der Waals surface area (Å²) in [5, 5.41) is 3.65. The summed E-state index contributed by atoms with van der Waals surface area (Å²) < 4.78 is 0. The van der Waals surface area contributed by atoms with Gasteiger partial charge >= 0.3 is 0 Å². The van der Waals surface area contributed by atoms with Gasteiger partial charge in [0.15, 0.2) is 0 Å². The van der Waals surface area contributed by atoms with E-state index in [0.29, 0.717) is 0 Å². The van der Waals surface area contributed by atoms with Crippen LogP contribution >= 0.6 is 0 Å². The molecule has 0 aromatic rings. The van der Waals surface area contributed by atoms with Gasteiger partial charge in [-0.25, -0.2) is 0 Å². The van der Waals surface area contributed by atoms with Crippen molar-refractivity contribution in [3.8, 4) is 0 Å². The van der Waals surface area contributed by atoms with Gasteiger partial charge in [-0.15, -0.1) is 0 Å². The Morgan fingerprint density at radius 2 is 1.67 bits per heavy atom. The fourth-order valence-corrected chi connectivity index (χ4v) is 2.69. The number of nitrogens with zero attached hydrogens (tertiary/aromatic N) is 2. The summed E-state index contributed by atoms with van der Waals surface area (Å²) in [5.74, 6) is 0. The molecule has 1 aliphatic rings. The number of rotatable bonds is 9. The molecule has 0 radical (unpaired) electrons. The SMILES string of the molecule is CCCNC(CC)CCCN1CCN(CC)CC1. The number of hydrogen-bond acceptors (Lipinski definition) is 3. The minimum atomic E-state index is 0.738. The van der Waals surface area contributed by atoms with Gasteiger partial charge < -0.3 is 15.1 Å². The van der Waals surface area contributed by atoms with Crippen LogP contribution in [0.3, 0.4) is 0 Å². The maximum absolute atomic E-state index is 3.65. The third-order valence-electron chi connectivity index (χ3n) is 4.11. The maximum Gasteiger partial charge on any atom is 0.0110 e. The highest BCUT2D eigenvalue weighted by molar-refractivity contribution is 4.72. The average molecular weight is 255 g/mol. The lowest BCUT2D eigenvalue weighted by atomic mass is 10.1. The largest absolute Gasteiger partial charge is 0.314 e. The highest BCUT2D eigenvalue weighted by Crippen LogP contribution is 2.06. The van der Waals surface area contributed by atoms with Crippen LogP contribution in [0.25, 0.3) is 0 Å². The van der Waals surface area contributed by atoms with E-state index in [4.69, 9.17) is 0 Å². The van der Waals surface area contributed by atoms with Crippen LogP contribution in [0.4, 0.5) is 0 Å². The molecule has 1 N–H and O–H groups in total. The Kier molecular flexibility index (Phi) is 8.64. The van der Waals surface area contributed by atoms with E-state index < -0.39 is 0 Å². The molecule has 108 valence electrons. The summed E-state index contributed by atoms with van der Waals surface area (Å²) >= 11 is 0. The molecule has 0 saturated carbocycles. The molecule has 1 rings (SSSR count). The van der Waals surface area contributed by atoms with Crippen LogP contribution in [-0.2, 0) is 0 Å². The summed E-state index contributed by atoms with van der Waals surface area (Å²) in [6, 6.07) is 0.738. The van der Waals surface area contributed by atoms with Gasteiger partial charge in [0.25, 0.3) is 0 Å². The van der Waals surface area contributed by atoms with Crippen molar-refractivity contribution in [1.29, 1.82) is 0 Å². The van der Waals surface area contributed by atoms with Gasteiger partial charge in [0.1, 0.15) is 0 Å². The predicted octanol–water partition coefficient (Wildman–Crippen LogP) is 2.18. The van der Waals surface area contributed by atoms with Crippen LogP contribution in [0.15, 0.2) is 0 Å². The van der Waals surface area contributed by atoms with Gasteiger partial charge in [-0.1, -0.05) is 20.8 Å². The second-order valence-electron chi connectivity index (χ2n) is 5.48. The van der Waals surface area contributed by atoms with Gasteiger partial charge in [-0.05, 0) is 45.3 Å². The summed E-state index contributed by atoms with van der Waals surface area (Å²) in [5.41, 5.74) is 0. The second-order valence-corrected chi connectivity index (χ2v) is 5.48. The number of likely N-dealkylation sites (N-methyl/N-ethyl adjacent to an activating group) is 1. The van der Waals surface area contributed by atoms with Crippen molar-refractivity contribution in [2.75, 3.05) is 45.8 Å². The molecular formula is C15H33N3. The van der Waals surface area contributed by atoms with Crippen molar-refractivity contribution in [2.24, 2.45) is 0 Å². The molecule has 0 spiro atoms. The molecule has 1 unspecified atom stereocenters. The van der Waals surface area contributed by atoms with Crippen molar-refractivity contribution in [3.63, 3.8) is 0 Å². The van der Waals surface area contributed by atoms with Crippen molar-refractivity contribution >= 4 is 0 Å². The zero-order valence-corrected chi connectivity index (χ0v) is 12.7. The normalized spacial score (nSPS) is 20.2. The molecule has 3 heteroatoms. The third-order valence-corrected chi connectivity index (χ3v) is 4.11. The first-order valence-electron chi connectivity index (χ1n) is 7.98. The van der Waals surface area contributed by atoms with E-state index in [2.05, 4.69) is 35.9 Å². The standard InChI is InChI=1S/C15H33N3/c1-4-9-16-15(5-2)8-7-10-18-13-11-17(6-3)12-14-18/h15-16H,4-14H2,1-3H3. The average Bonchev–Trinajstić information content (AvgIpc) is 2.43. The Balaban J connectivity index is 2.06. The minimum Gasteiger partial charge on any atom is -0.314 e. The topological polar surface area (TPSA) is 18.5 Å². The summed E-state index contributed by atoms with van der Waals surface area (Å²) in [4.78, 5) is 5.19. The van der Waals surface area contributed by atoms with E-state index in [-0.39, 0.29) is 0 Å². The van der Waals surface area contributed by atoms with Gasteiger partial charge in [0.2, 0.25) is 0 Å². The van der Waals surface area contributed by atoms with Gasteiger partial charge in [-0.2, -0.15) is 0 Å². The molecule has 0 aromatic carbocycles. The van der Waals surface area contributed by atoms with E-state index in [0.717, 1.165) is 6.04 Å². The molecule has 0 amide bonds. The molecule has 1 fully saturated rings. The maximum atomic E-state index is 3.65. The van der Waals surface area contributed by atoms with Crippen LogP contribution in [0, 0.1) is 0 Å². The zero-order chi connectivity index (χ0) is 13.2. The van der Waals surface area contributed by atoms with Crippen molar-refractivity contribution < 1.29 is 0 Å². The third kappa shape index (κ3) is 6.17. The Morgan fingerprint density at radius 3 is 2.22 bits per heavy atom. The van der Waals surface area contributed by atoms with E-state index in [9.17, 15) is 0 Å². The monoisotopic (exact) mass is 255 g/mol. The molecule has 1 aliphatic heterocycles. The van der Waals surface area contributed by atoms with Crippen LogP contribution in [0.2, 0.25) is 0 Å². The van der Waals surface area contributed by atoms with Gasteiger partial charge in [-0.3, -0.25) is 0 Å². The highest BCUT2D eigenvalue weighted by atomic mass is 15.3. The fraction of sp³-hybridized carbons (Fsp3) is 1.00. The molecule has 1 saturated heterocycles. The highest BCUT2D eigenvalue weighted by Gasteiger charge is 2.15. The summed E-state index contributed by atoms with van der Waals surface area (Å²) in [6.07, 6.45) is 5.20. The van der Waals surface area contributed by atoms with Crippen molar-refractivity contribution in [2.45, 2.75) is 52.5 Å². The molecule has 0 bridgehead atoms. The first-order chi connectivity index (χ1) is 8.80. The Labute approximate surface area is 114 Å². The molecule has 1 heterocycles. The van der Waals surface area contributed by atoms with Crippen molar-refractivity contribution in [1.82, 2.24) is 15.1 Å². The van der Waals surface area contributed by atoms with E-state index in [1.54, 1.807) is 0 Å². The Hall–Kier alpha value is -0.120. The van der Waals surface area contributed by atoms with Crippen LogP contribution < -0.4 is 5.32 Å². The molecule has 3 nitrogen and oxygen atoms in total. The summed E-state index contributed by atoms with van der Waals surface area (Å²) in [6.45, 7) is 15.6. The predicted molar refractivity (Wildman–Crippen MR) is 80.2 cm³/mol. The lowest BCUT2D eigenvalue weighted by molar-refractivity contribution is 0.134. The van der Waals surface area contributed by atoms with Crippen LogP contribution in [-0.4, -0.2) is 61.7 Å². The van der Waals surface area contributed by atoms with E-state index in [1.807, 2.05) is 0 Å². The minimum absolute atomic E-state index is 0.738. The lowest BCUT2D eigenvalue weighted by Gasteiger charge is -2.34. The first kappa shape index (κ1) is 15.9. The number of hydrogen-bond donors (Lipinski definition) is 1. The molecule has 1 atom stereocenters. The van der Waals surface area contributed by atoms with E-state index >= 15 is 0 Å². The van der Waals surface area contributed by atoms with E-state index in [1.165, 1.54) is 71.5 Å². The Bertz CT molecular complexity index is 188. The Morgan fingerprint density at radius 1 is 1.00 bits per heavy atom. The van der Waals surface area contributed by atoms with Gasteiger partial charge in [0.05, 0.1) is 0 Å². The van der Waals surface area contributed by atoms with Crippen LogP contribution in [0.1, 0.15) is 46.5 Å². The molecule has 0 aliphatic carbocycles. The van der Waals surface area contributed by atoms with Crippen LogP contribution in [0.5, 0.6) is 0 Å². The number of nitrogens with one attached hydrogen (secondary N) is 1. The summed E-state index contributed by atoms with van der Waals surface area (Å²) in [7, 11) is 0. The number of piperazine rings is 1. The lowest BCUT2D eigenvalue weighted by Crippen LogP contribution is -2.46. The molecule has 18 heavy (non-hydrogen) atoms. The second kappa shape index (κ2) is 9.76. The smallest absolute Gasteiger partial charge is 0.0110 e. The first-order valence-corrected chi connectivity index (χ1v) is 7.98. The quantitative estimate of drug-likeness (QED) is 0.681. The molecule has 0 aromatic heterocycles. The zero-order valence-electron chi connectivity index (χ0n) is 12.7. The van der Waals surface area contributed by atoms with Gasteiger partial charge in [0, 0.05) is 32.2 Å². The fourth-order valence-electron chi connectivity index (χ4n) is 2.69. The molecular weight excluding hydrogens is 222 g/mol. The van der Waals surface area contributed by atoms with Crippen molar-refractivity contribution in [3.05, 3.63) is 0 Å².